The van der Waals surface area contributed by atoms with E-state index in [0.717, 1.165) is 136 Å². The van der Waals surface area contributed by atoms with Crippen LogP contribution in [0.25, 0.3) is 161 Å². The number of benzene rings is 12. The van der Waals surface area contributed by atoms with Gasteiger partial charge in [0.05, 0.1) is 61.0 Å². The maximum absolute atomic E-state index is 14.3. The summed E-state index contributed by atoms with van der Waals surface area (Å²) in [6, 6.07) is 88.5. The molecule has 672 valence electrons. The molecule has 0 fully saturated rings. The first-order valence-corrected chi connectivity index (χ1v) is 51.9. The summed E-state index contributed by atoms with van der Waals surface area (Å²) >= 11 is 0. The van der Waals surface area contributed by atoms with Gasteiger partial charge in [-0.1, -0.05) is 298 Å². The molecule has 8 heterocycles. The van der Waals surface area contributed by atoms with E-state index in [-0.39, 0.29) is 57.3 Å². The van der Waals surface area contributed by atoms with Crippen molar-refractivity contribution in [2.24, 2.45) is 0 Å². The molecule has 0 atom stereocenters. The summed E-state index contributed by atoms with van der Waals surface area (Å²) in [5.74, 6) is 2.15. The van der Waals surface area contributed by atoms with E-state index in [2.05, 4.69) is 324 Å². The van der Waals surface area contributed by atoms with E-state index in [1.54, 1.807) is 36.7 Å². The van der Waals surface area contributed by atoms with Crippen LogP contribution < -0.4 is 10.4 Å². The Bertz CT molecular complexity index is 7980. The van der Waals surface area contributed by atoms with Crippen molar-refractivity contribution in [1.29, 1.82) is 0 Å². The van der Waals surface area contributed by atoms with Crippen molar-refractivity contribution in [1.82, 2.24) is 39.0 Å². The minimum absolute atomic E-state index is 0. The number of hydrogen-bond acceptors (Lipinski definition) is 8. The van der Waals surface area contributed by atoms with Crippen molar-refractivity contribution in [2.75, 3.05) is 0 Å². The summed E-state index contributed by atoms with van der Waals surface area (Å²) < 4.78 is 92.2. The zero-order chi connectivity index (χ0) is 96.7. The van der Waals surface area contributed by atoms with Crippen LogP contribution >= 0.6 is 0 Å². The smallest absolute Gasteiger partial charge is 0.216 e. The number of halogens is 2. The van der Waals surface area contributed by atoms with Gasteiger partial charge >= 0.3 is 0 Å². The average Bonchev–Trinajstić information content (AvgIpc) is 1.61. The summed E-state index contributed by atoms with van der Waals surface area (Å²) in [6.07, 6.45) is 5.30. The summed E-state index contributed by atoms with van der Waals surface area (Å²) in [6.45, 7) is 37.8. The molecule has 0 spiro atoms. The second kappa shape index (κ2) is 38.4. The largest absolute Gasteiger partial charge is 0.486 e. The Kier molecular flexibility index (Phi) is 25.3. The molecule has 0 bridgehead atoms. The molecule has 0 saturated heterocycles. The zero-order valence-electron chi connectivity index (χ0n) is 84.3. The van der Waals surface area contributed by atoms with Crippen LogP contribution in [-0.4, -0.2) is 55.2 Å². The number of hydrogen-bond donors (Lipinski definition) is 0. The Labute approximate surface area is 812 Å². The quantitative estimate of drug-likeness (QED) is 0.0737. The molecular formula is C116H112F2Ir2N8O2Si2-4. The van der Waals surface area contributed by atoms with Crippen LogP contribution in [-0.2, 0) is 58.6 Å². The van der Waals surface area contributed by atoms with Crippen molar-refractivity contribution in [2.45, 2.75) is 186 Å². The van der Waals surface area contributed by atoms with Crippen molar-refractivity contribution in [3.8, 4) is 62.1 Å². The normalized spacial score (nSPS) is 12.8. The van der Waals surface area contributed by atoms with E-state index < -0.39 is 29.9 Å². The van der Waals surface area contributed by atoms with Crippen molar-refractivity contribution in [3.05, 3.63) is 340 Å². The van der Waals surface area contributed by atoms with Crippen LogP contribution in [0.4, 0.5) is 8.78 Å². The summed E-state index contributed by atoms with van der Waals surface area (Å²) in [5.41, 5.74) is 25.1. The van der Waals surface area contributed by atoms with Gasteiger partial charge in [-0.25, -0.2) is 9.97 Å². The van der Waals surface area contributed by atoms with Crippen LogP contribution in [0.5, 0.6) is 0 Å². The number of imidazole rings is 2. The molecule has 0 aliphatic heterocycles. The molecule has 0 aliphatic carbocycles. The van der Waals surface area contributed by atoms with Gasteiger partial charge in [-0.3, -0.25) is 18.7 Å². The molecule has 8 aromatic heterocycles. The Balaban J connectivity index is 0.000000145. The molecule has 12 aromatic carbocycles. The topological polar surface area (TPSA) is 113 Å². The number of furan rings is 2. The average molecular weight is 2130 g/mol. The fourth-order valence-electron chi connectivity index (χ4n) is 18.4. The molecular weight excluding hydrogens is 2020 g/mol. The van der Waals surface area contributed by atoms with Crippen LogP contribution in [0.2, 0.25) is 39.3 Å². The van der Waals surface area contributed by atoms with Gasteiger partial charge in [0.2, 0.25) is 11.4 Å². The maximum Gasteiger partial charge on any atom is 0.216 e. The molecule has 0 N–H and O–H groups in total. The third kappa shape index (κ3) is 18.9. The summed E-state index contributed by atoms with van der Waals surface area (Å²) in [7, 11) is -3.69. The predicted octanol–water partition coefficient (Wildman–Crippen LogP) is 30.3. The van der Waals surface area contributed by atoms with Crippen LogP contribution in [0, 0.1) is 77.3 Å². The minimum Gasteiger partial charge on any atom is -0.486 e. The van der Waals surface area contributed by atoms with Crippen molar-refractivity contribution >= 4 is 125 Å². The van der Waals surface area contributed by atoms with Crippen LogP contribution in [0.1, 0.15) is 156 Å². The summed E-state index contributed by atoms with van der Waals surface area (Å²) in [5, 5.41) is 13.3. The fraction of sp³-hybridized carbons (Fsp3) is 0.241. The first kappa shape index (κ1) is 86.8. The number of fused-ring (bicyclic) bond motifs is 13. The van der Waals surface area contributed by atoms with Crippen molar-refractivity contribution in [3.63, 3.8) is 0 Å². The minimum atomic E-state index is -2.23. The number of pyridine rings is 4. The molecule has 0 unspecified atom stereocenters. The number of aromatic nitrogens is 8. The maximum atomic E-state index is 14.3. The van der Waals surface area contributed by atoms with Gasteiger partial charge in [-0.2, -0.15) is 0 Å². The molecule has 0 aliphatic rings. The fourth-order valence-corrected chi connectivity index (χ4v) is 21.0. The second-order valence-corrected chi connectivity index (χ2v) is 48.5. The SMILES string of the molecule is CC(C)c1ccc2c(n1)oc1c(-c3nc4ccc5ccccc5c4n3CCCc3c(C(C)C)cc4ccccc4c3C(C)C)[c-]ccc12.Cc1cc(C)c(-n2c(-c3[c-]cc(C)c4c3oc3nc(C(C)(C)C)ccc34)nc3ccc4ccccc4c32)c(C)c1.[2H]C([2H])([2H])c1cc(-c2[c-]cc(F)c(-c3ccccc3)c2)ncc1[Si](C)(C)C.[2H]C([2H])([2H])c1cc(-c2[c-]cc(F)cc2)ncc1[Si](C)(C)C.[Ir].[Ir]. The third-order valence-electron chi connectivity index (χ3n) is 24.7. The number of aryl methyl sites for hydroxylation is 7. The van der Waals surface area contributed by atoms with Crippen molar-refractivity contribution < 1.29 is 66.1 Å². The zero-order valence-corrected chi connectivity index (χ0v) is 85.1. The number of rotatable bonds is 15. The van der Waals surface area contributed by atoms with Gasteiger partial charge in [-0.05, 0) is 178 Å². The van der Waals surface area contributed by atoms with E-state index in [4.69, 9.17) is 37.0 Å². The standard InChI is InChI=1S/C44H42N3O.C36H32N3O.C21H21FNSi.C15H17FNSi.2Ir/c1-26(2)37-25-30-14-8-9-15-31(30)40(28(5)6)33(37)19-12-24-47-41-32-16-10-7-13-29(32)20-22-39(41)45-43(47)36-18-11-17-34-35-21-23-38(27(3)4)46-44(35)48-42(34)36;1-20-18-22(3)31(23(4)19-20)39-32-25-11-9-8-10-24(25)13-16-28(32)37-34(39)27-14-12-21(2)30-26-15-17-29(36(5,6)7)38-35(26)40-33(27)30;1-15-12-20(23-14-21(15)24(2,3)4)17-10-11-19(22)18(13-17)16-8-6-5-7-9-16;1-11-9-14(12-5-7-13(16)8-6-12)17-10-15(11)18(2,3)4;;/h7-11,13-17,20-23,25-28H,12,19,24H2,1-6H3;8-13,15-19H,1-7H3;5-9,11-14H,1-4H3;5,7-10H,1-4H3;;/q4*-1;;/i;;2*1D3;;. The molecule has 16 heteroatoms. The second-order valence-electron chi connectivity index (χ2n) is 38.4. The van der Waals surface area contributed by atoms with E-state index in [1.807, 2.05) is 36.4 Å². The Morgan fingerprint density at radius 2 is 1.05 bits per heavy atom. The van der Waals surface area contributed by atoms with Gasteiger partial charge in [0, 0.05) is 123 Å². The Morgan fingerprint density at radius 1 is 0.477 bits per heavy atom. The monoisotopic (exact) mass is 2130 g/mol. The summed E-state index contributed by atoms with van der Waals surface area (Å²) in [4.78, 5) is 29.3. The molecule has 0 amide bonds. The van der Waals surface area contributed by atoms with Gasteiger partial charge in [0.25, 0.3) is 0 Å². The molecule has 10 nitrogen and oxygen atoms in total. The Morgan fingerprint density at radius 3 is 1.67 bits per heavy atom. The van der Waals surface area contributed by atoms with E-state index in [1.165, 1.54) is 83.9 Å². The predicted molar refractivity (Wildman–Crippen MR) is 544 cm³/mol. The molecule has 0 saturated carbocycles. The molecule has 132 heavy (non-hydrogen) atoms. The number of nitrogens with zero attached hydrogens (tertiary/aromatic N) is 8. The van der Waals surface area contributed by atoms with Gasteiger partial charge in [0.15, 0.2) is 0 Å². The molecule has 20 aromatic rings. The van der Waals surface area contributed by atoms with Crippen LogP contribution in [0.15, 0.2) is 252 Å². The van der Waals surface area contributed by atoms with Gasteiger partial charge in [-0.15, -0.1) is 89.5 Å². The molecule has 2 radical (unpaired) electrons. The van der Waals surface area contributed by atoms with E-state index in [9.17, 15) is 8.78 Å². The first-order chi connectivity index (χ1) is 64.6. The van der Waals surface area contributed by atoms with Gasteiger partial charge in [0.1, 0.15) is 0 Å². The third-order valence-corrected chi connectivity index (χ3v) is 28.8. The van der Waals surface area contributed by atoms with E-state index >= 15 is 0 Å². The Hall–Kier alpha value is -11.8. The van der Waals surface area contributed by atoms with Crippen LogP contribution in [0.3, 0.4) is 0 Å². The molecule has 20 rings (SSSR count). The first-order valence-electron chi connectivity index (χ1n) is 47.9. The van der Waals surface area contributed by atoms with Gasteiger partial charge < -0.3 is 27.9 Å². The van der Waals surface area contributed by atoms with E-state index in [0.29, 0.717) is 68.4 Å².